The Morgan fingerprint density at radius 1 is 1.29 bits per heavy atom. The van der Waals surface area contributed by atoms with Crippen molar-refractivity contribution < 1.29 is 19.7 Å². The summed E-state index contributed by atoms with van der Waals surface area (Å²) in [5.74, 6) is 0.134. The summed E-state index contributed by atoms with van der Waals surface area (Å²) < 4.78 is 5.65. The molecule has 126 valence electrons. The van der Waals surface area contributed by atoms with Crippen molar-refractivity contribution in [3.63, 3.8) is 0 Å². The van der Waals surface area contributed by atoms with Gasteiger partial charge in [-0.15, -0.1) is 0 Å². The molecule has 1 aromatic heterocycles. The Hall–Kier alpha value is -2.82. The van der Waals surface area contributed by atoms with Crippen LogP contribution in [0.15, 0.2) is 42.6 Å². The van der Waals surface area contributed by atoms with Gasteiger partial charge >= 0.3 is 5.97 Å². The summed E-state index contributed by atoms with van der Waals surface area (Å²) in [5.41, 5.74) is 2.67. The normalized spacial score (nSPS) is 11.3. The lowest BCUT2D eigenvalue weighted by molar-refractivity contribution is -0.131. The van der Waals surface area contributed by atoms with Gasteiger partial charge in [0.05, 0.1) is 6.20 Å². The number of carboxylic acids is 1. The smallest absolute Gasteiger partial charge is 0.328 e. The minimum Gasteiger partial charge on any atom is -0.506 e. The highest BCUT2D eigenvalue weighted by atomic mass is 16.5. The van der Waals surface area contributed by atoms with Gasteiger partial charge in [0.25, 0.3) is 0 Å². The Kier molecular flexibility index (Phi) is 5.95. The maximum atomic E-state index is 11.1. The molecule has 1 heterocycles. The minimum atomic E-state index is -0.936. The maximum absolute atomic E-state index is 11.1. The molecule has 2 rings (SSSR count). The summed E-state index contributed by atoms with van der Waals surface area (Å²) in [6.07, 6.45) is 5.26. The number of carbonyl (C=O) groups is 1. The van der Waals surface area contributed by atoms with E-state index in [9.17, 15) is 9.90 Å². The Morgan fingerprint density at radius 3 is 2.67 bits per heavy atom. The van der Waals surface area contributed by atoms with Gasteiger partial charge in [0.2, 0.25) is 5.88 Å². The van der Waals surface area contributed by atoms with E-state index in [4.69, 9.17) is 9.84 Å². The molecule has 0 aliphatic carbocycles. The van der Waals surface area contributed by atoms with E-state index in [0.29, 0.717) is 11.6 Å². The van der Waals surface area contributed by atoms with Gasteiger partial charge in [0.15, 0.2) is 0 Å². The monoisotopic (exact) mass is 327 g/mol. The van der Waals surface area contributed by atoms with Crippen molar-refractivity contribution >= 4 is 11.5 Å². The van der Waals surface area contributed by atoms with Crippen molar-refractivity contribution in [3.05, 3.63) is 53.7 Å². The van der Waals surface area contributed by atoms with E-state index in [-0.39, 0.29) is 5.75 Å². The maximum Gasteiger partial charge on any atom is 0.328 e. The molecule has 0 amide bonds. The van der Waals surface area contributed by atoms with Crippen LogP contribution in [0.1, 0.15) is 37.3 Å². The van der Waals surface area contributed by atoms with Crippen molar-refractivity contribution in [3.8, 4) is 17.4 Å². The molecule has 0 fully saturated rings. The zero-order valence-corrected chi connectivity index (χ0v) is 13.8. The van der Waals surface area contributed by atoms with Crippen LogP contribution in [-0.2, 0) is 4.79 Å². The Labute approximate surface area is 141 Å². The molecular weight excluding hydrogens is 306 g/mol. The van der Waals surface area contributed by atoms with Crippen LogP contribution in [0.3, 0.4) is 0 Å². The van der Waals surface area contributed by atoms with Crippen LogP contribution in [0.5, 0.6) is 17.4 Å². The van der Waals surface area contributed by atoms with E-state index >= 15 is 0 Å². The predicted octanol–water partition coefficient (Wildman–Crippen LogP) is 4.55. The average Bonchev–Trinajstić information content (AvgIpc) is 2.54. The van der Waals surface area contributed by atoms with Crippen LogP contribution in [0.25, 0.3) is 5.57 Å². The van der Waals surface area contributed by atoms with Gasteiger partial charge in [-0.1, -0.05) is 19.4 Å². The molecule has 2 N–H and O–H groups in total. The molecule has 2 aromatic rings. The van der Waals surface area contributed by atoms with Crippen LogP contribution in [-0.4, -0.2) is 21.2 Å². The second-order valence-electron chi connectivity index (χ2n) is 5.54. The van der Waals surface area contributed by atoms with Gasteiger partial charge in [0.1, 0.15) is 11.5 Å². The molecule has 0 radical (unpaired) electrons. The summed E-state index contributed by atoms with van der Waals surface area (Å²) >= 11 is 0. The first-order valence-corrected chi connectivity index (χ1v) is 7.87. The fourth-order valence-electron chi connectivity index (χ4n) is 2.41. The molecule has 0 spiro atoms. The lowest BCUT2D eigenvalue weighted by atomic mass is 9.96. The fourth-order valence-corrected chi connectivity index (χ4v) is 2.41. The second kappa shape index (κ2) is 8.15. The van der Waals surface area contributed by atoms with Crippen LogP contribution >= 0.6 is 0 Å². The van der Waals surface area contributed by atoms with E-state index in [1.54, 1.807) is 12.1 Å². The first kappa shape index (κ1) is 17.5. The SMILES string of the molecule is CCCC/C(=C\C(=O)O)c1ccc(Oc2ccc(O)cn2)cc1C. The molecule has 0 unspecified atom stereocenters. The third-order valence-electron chi connectivity index (χ3n) is 3.58. The molecule has 0 atom stereocenters. The zero-order valence-electron chi connectivity index (χ0n) is 13.8. The Balaban J connectivity index is 2.24. The number of hydrogen-bond acceptors (Lipinski definition) is 4. The number of ether oxygens (including phenoxy) is 1. The van der Waals surface area contributed by atoms with Gasteiger partial charge in [0, 0.05) is 12.1 Å². The summed E-state index contributed by atoms with van der Waals surface area (Å²) in [5, 5.41) is 18.3. The van der Waals surface area contributed by atoms with Gasteiger partial charge in [-0.3, -0.25) is 0 Å². The van der Waals surface area contributed by atoms with Gasteiger partial charge in [-0.25, -0.2) is 9.78 Å². The van der Waals surface area contributed by atoms with E-state index < -0.39 is 5.97 Å². The minimum absolute atomic E-state index is 0.0771. The van der Waals surface area contributed by atoms with E-state index in [1.165, 1.54) is 18.3 Å². The summed E-state index contributed by atoms with van der Waals surface area (Å²) in [7, 11) is 0. The van der Waals surface area contributed by atoms with E-state index in [1.807, 2.05) is 19.1 Å². The number of carboxylic acid groups (broad SMARTS) is 1. The molecular formula is C19H21NO4. The van der Waals surface area contributed by atoms with Crippen molar-refractivity contribution in [2.75, 3.05) is 0 Å². The molecule has 24 heavy (non-hydrogen) atoms. The van der Waals surface area contributed by atoms with Crippen molar-refractivity contribution in [2.24, 2.45) is 0 Å². The molecule has 0 bridgehead atoms. The number of pyridine rings is 1. The first-order valence-electron chi connectivity index (χ1n) is 7.87. The van der Waals surface area contributed by atoms with E-state index in [0.717, 1.165) is 36.0 Å². The molecule has 5 heteroatoms. The van der Waals surface area contributed by atoms with Gasteiger partial charge < -0.3 is 14.9 Å². The number of aromatic hydroxyl groups is 1. The van der Waals surface area contributed by atoms with Crippen molar-refractivity contribution in [1.82, 2.24) is 4.98 Å². The number of aromatic nitrogens is 1. The molecule has 0 saturated heterocycles. The summed E-state index contributed by atoms with van der Waals surface area (Å²) in [6.45, 7) is 4.00. The largest absolute Gasteiger partial charge is 0.506 e. The van der Waals surface area contributed by atoms with Crippen LogP contribution < -0.4 is 4.74 Å². The molecule has 0 aliphatic rings. The number of aryl methyl sites for hydroxylation is 1. The lowest BCUT2D eigenvalue weighted by Gasteiger charge is -2.12. The molecule has 1 aromatic carbocycles. The highest BCUT2D eigenvalue weighted by Gasteiger charge is 2.09. The highest BCUT2D eigenvalue weighted by Crippen LogP contribution is 2.29. The van der Waals surface area contributed by atoms with Crippen molar-refractivity contribution in [1.29, 1.82) is 0 Å². The third kappa shape index (κ3) is 4.84. The number of benzene rings is 1. The lowest BCUT2D eigenvalue weighted by Crippen LogP contribution is -1.96. The van der Waals surface area contributed by atoms with E-state index in [2.05, 4.69) is 11.9 Å². The Morgan fingerprint density at radius 2 is 2.08 bits per heavy atom. The fraction of sp³-hybridized carbons (Fsp3) is 0.263. The van der Waals surface area contributed by atoms with Gasteiger partial charge in [-0.05, 0) is 54.7 Å². The first-order chi connectivity index (χ1) is 11.5. The standard InChI is InChI=1S/C19H21NO4/c1-3-4-5-14(11-19(22)23)17-8-7-16(10-13(17)2)24-18-9-6-15(21)12-20-18/h6-12,21H,3-5H2,1-2H3,(H,22,23)/b14-11+. The molecule has 0 aliphatic heterocycles. The predicted molar refractivity (Wildman–Crippen MR) is 92.3 cm³/mol. The van der Waals surface area contributed by atoms with Crippen LogP contribution in [0, 0.1) is 6.92 Å². The number of rotatable bonds is 7. The summed E-state index contributed by atoms with van der Waals surface area (Å²) in [6, 6.07) is 8.59. The topological polar surface area (TPSA) is 79.7 Å². The zero-order chi connectivity index (χ0) is 17.5. The summed E-state index contributed by atoms with van der Waals surface area (Å²) in [4.78, 5) is 15.0. The number of allylic oxidation sites excluding steroid dienone is 1. The number of unbranched alkanes of at least 4 members (excludes halogenated alkanes) is 1. The quantitative estimate of drug-likeness (QED) is 0.729. The van der Waals surface area contributed by atoms with Gasteiger partial charge in [-0.2, -0.15) is 0 Å². The molecule has 5 nitrogen and oxygen atoms in total. The van der Waals surface area contributed by atoms with Crippen molar-refractivity contribution in [2.45, 2.75) is 33.1 Å². The average molecular weight is 327 g/mol. The van der Waals surface area contributed by atoms with Crippen LogP contribution in [0.2, 0.25) is 0 Å². The second-order valence-corrected chi connectivity index (χ2v) is 5.54. The number of aliphatic carboxylic acids is 1. The number of nitrogens with zero attached hydrogens (tertiary/aromatic N) is 1. The molecule has 0 saturated carbocycles. The number of hydrogen-bond donors (Lipinski definition) is 2. The third-order valence-corrected chi connectivity index (χ3v) is 3.58. The van der Waals surface area contributed by atoms with Crippen LogP contribution in [0.4, 0.5) is 0 Å². The highest BCUT2D eigenvalue weighted by molar-refractivity contribution is 5.90. The Bertz CT molecular complexity index is 736.